The monoisotopic (exact) mass is 311 g/mol. The number of para-hydroxylation sites is 1. The van der Waals surface area contributed by atoms with Gasteiger partial charge in [0.25, 0.3) is 0 Å². The lowest BCUT2D eigenvalue weighted by Crippen LogP contribution is -2.03. The van der Waals surface area contributed by atoms with Gasteiger partial charge in [-0.05, 0) is 36.4 Å². The average Bonchev–Trinajstić information content (AvgIpc) is 2.58. The number of methoxy groups -OCH3 is 1. The van der Waals surface area contributed by atoms with E-state index in [0.29, 0.717) is 17.5 Å². The third-order valence-electron chi connectivity index (χ3n) is 3.04. The summed E-state index contributed by atoms with van der Waals surface area (Å²) in [6, 6.07) is 13.6. The van der Waals surface area contributed by atoms with Gasteiger partial charge in [-0.1, -0.05) is 12.1 Å². The maximum atomic E-state index is 13.6. The van der Waals surface area contributed by atoms with Crippen molar-refractivity contribution in [2.45, 2.75) is 0 Å². The van der Waals surface area contributed by atoms with Crippen LogP contribution in [0.2, 0.25) is 0 Å². The lowest BCUT2D eigenvalue weighted by Gasteiger charge is -2.08. The van der Waals surface area contributed by atoms with Crippen molar-refractivity contribution in [3.63, 3.8) is 0 Å². The number of nitrogens with one attached hydrogen (secondary N) is 2. The van der Waals surface area contributed by atoms with Crippen LogP contribution in [0.5, 0.6) is 5.75 Å². The highest BCUT2D eigenvalue weighted by molar-refractivity contribution is 5.59. The van der Waals surface area contributed by atoms with E-state index in [1.807, 2.05) is 24.3 Å². The molecule has 116 valence electrons. The van der Waals surface area contributed by atoms with Crippen LogP contribution in [0.15, 0.2) is 54.7 Å². The molecule has 0 radical (unpaired) electrons. The Morgan fingerprint density at radius 2 is 1.78 bits per heavy atom. The quantitative estimate of drug-likeness (QED) is 0.751. The van der Waals surface area contributed by atoms with E-state index in [0.717, 1.165) is 11.4 Å². The first-order valence-electron chi connectivity index (χ1n) is 6.87. The zero-order valence-electron chi connectivity index (χ0n) is 12.3. The molecule has 0 saturated heterocycles. The fourth-order valence-electron chi connectivity index (χ4n) is 1.92. The van der Waals surface area contributed by atoms with Crippen LogP contribution in [-0.4, -0.2) is 22.3 Å². The van der Waals surface area contributed by atoms with E-state index >= 15 is 0 Å². The predicted molar refractivity (Wildman–Crippen MR) is 85.8 cm³/mol. The molecule has 0 fully saturated rings. The molecule has 0 aliphatic heterocycles. The van der Waals surface area contributed by atoms with Gasteiger partial charge in [-0.3, -0.25) is 0 Å². The smallest absolute Gasteiger partial charge is 0.249 e. The van der Waals surface area contributed by atoms with Crippen LogP contribution in [0.1, 0.15) is 0 Å². The maximum absolute atomic E-state index is 13.6. The van der Waals surface area contributed by atoms with Gasteiger partial charge < -0.3 is 15.4 Å². The van der Waals surface area contributed by atoms with Crippen LogP contribution >= 0.6 is 0 Å². The molecule has 1 aromatic heterocycles. The van der Waals surface area contributed by atoms with E-state index in [1.165, 1.54) is 12.3 Å². The number of ether oxygens (including phenoxy) is 1. The number of hydrogen-bond donors (Lipinski definition) is 2. The molecule has 0 bridgehead atoms. The van der Waals surface area contributed by atoms with Crippen LogP contribution in [0.3, 0.4) is 0 Å². The van der Waals surface area contributed by atoms with Gasteiger partial charge in [0, 0.05) is 5.69 Å². The molecule has 3 rings (SSSR count). The van der Waals surface area contributed by atoms with Gasteiger partial charge in [-0.25, -0.2) is 4.39 Å². The lowest BCUT2D eigenvalue weighted by atomic mass is 10.3. The molecular weight excluding hydrogens is 297 g/mol. The van der Waals surface area contributed by atoms with Crippen molar-refractivity contribution in [1.82, 2.24) is 15.2 Å². The highest BCUT2D eigenvalue weighted by atomic mass is 19.1. The topological polar surface area (TPSA) is 72.0 Å². The van der Waals surface area contributed by atoms with Crippen molar-refractivity contribution in [2.75, 3.05) is 17.7 Å². The first-order chi connectivity index (χ1) is 11.2. The number of hydrogen-bond acceptors (Lipinski definition) is 6. The fraction of sp³-hybridized carbons (Fsp3) is 0.0625. The second kappa shape index (κ2) is 6.69. The molecule has 0 aliphatic carbocycles. The summed E-state index contributed by atoms with van der Waals surface area (Å²) >= 11 is 0. The third-order valence-corrected chi connectivity index (χ3v) is 3.04. The van der Waals surface area contributed by atoms with Crippen molar-refractivity contribution < 1.29 is 9.13 Å². The number of halogens is 1. The summed E-state index contributed by atoms with van der Waals surface area (Å²) in [5, 5.41) is 13.6. The maximum Gasteiger partial charge on any atom is 0.249 e. The zero-order chi connectivity index (χ0) is 16.1. The first-order valence-corrected chi connectivity index (χ1v) is 6.87. The lowest BCUT2D eigenvalue weighted by molar-refractivity contribution is 0.415. The molecule has 6 nitrogen and oxygen atoms in total. The largest absolute Gasteiger partial charge is 0.497 e. The Balaban J connectivity index is 1.75. The Labute approximate surface area is 132 Å². The summed E-state index contributed by atoms with van der Waals surface area (Å²) in [7, 11) is 1.60. The van der Waals surface area contributed by atoms with Gasteiger partial charge in [-0.15, -0.1) is 5.10 Å². The zero-order valence-corrected chi connectivity index (χ0v) is 12.3. The number of rotatable bonds is 5. The van der Waals surface area contributed by atoms with Gasteiger partial charge in [0.05, 0.1) is 19.0 Å². The molecule has 23 heavy (non-hydrogen) atoms. The second-order valence-corrected chi connectivity index (χ2v) is 4.62. The minimum atomic E-state index is -0.365. The molecule has 0 unspecified atom stereocenters. The molecule has 3 aromatic rings. The number of aromatic nitrogens is 3. The molecule has 2 aromatic carbocycles. The predicted octanol–water partition coefficient (Wildman–Crippen LogP) is 3.51. The Hall–Kier alpha value is -3.22. The standard InChI is InChI=1S/C16H14FN5O/c1-23-12-8-6-11(7-9-12)19-16-21-15(10-18-22-16)20-14-5-3-2-4-13(14)17/h2-10H,1H3,(H2,19,20,21,22). The summed E-state index contributed by atoms with van der Waals surface area (Å²) in [5.41, 5.74) is 1.11. The van der Waals surface area contributed by atoms with Crippen molar-refractivity contribution in [2.24, 2.45) is 0 Å². The summed E-state index contributed by atoms with van der Waals surface area (Å²) in [6.07, 6.45) is 1.42. The Kier molecular flexibility index (Phi) is 4.28. The minimum absolute atomic E-state index is 0.302. The van der Waals surface area contributed by atoms with Crippen LogP contribution in [0.25, 0.3) is 0 Å². The van der Waals surface area contributed by atoms with Crippen LogP contribution in [-0.2, 0) is 0 Å². The number of nitrogens with zero attached hydrogens (tertiary/aromatic N) is 3. The highest BCUT2D eigenvalue weighted by Gasteiger charge is 2.05. The SMILES string of the molecule is COc1ccc(Nc2nncc(Nc3ccccc3F)n2)cc1. The number of anilines is 4. The minimum Gasteiger partial charge on any atom is -0.497 e. The van der Waals surface area contributed by atoms with Gasteiger partial charge in [0.1, 0.15) is 11.6 Å². The summed E-state index contributed by atoms with van der Waals surface area (Å²) in [5.74, 6) is 1.08. The van der Waals surface area contributed by atoms with Crippen molar-refractivity contribution in [3.05, 3.63) is 60.5 Å². The van der Waals surface area contributed by atoms with Crippen LogP contribution < -0.4 is 15.4 Å². The molecular formula is C16H14FN5O. The molecule has 0 aliphatic rings. The van der Waals surface area contributed by atoms with Gasteiger partial charge in [0.2, 0.25) is 5.95 Å². The molecule has 0 saturated carbocycles. The van der Waals surface area contributed by atoms with Crippen molar-refractivity contribution in [3.8, 4) is 5.75 Å². The summed E-state index contributed by atoms with van der Waals surface area (Å²) in [4.78, 5) is 4.25. The Morgan fingerprint density at radius 1 is 1.00 bits per heavy atom. The molecule has 0 amide bonds. The fourth-order valence-corrected chi connectivity index (χ4v) is 1.92. The van der Waals surface area contributed by atoms with E-state index in [-0.39, 0.29) is 5.82 Å². The molecule has 1 heterocycles. The van der Waals surface area contributed by atoms with Gasteiger partial charge in [0.15, 0.2) is 5.82 Å². The average molecular weight is 311 g/mol. The first kappa shape index (κ1) is 14.7. The second-order valence-electron chi connectivity index (χ2n) is 4.62. The van der Waals surface area contributed by atoms with Gasteiger partial charge >= 0.3 is 0 Å². The molecule has 7 heteroatoms. The van der Waals surface area contributed by atoms with Crippen LogP contribution in [0, 0.1) is 5.82 Å². The van der Waals surface area contributed by atoms with Gasteiger partial charge in [-0.2, -0.15) is 10.1 Å². The van der Waals surface area contributed by atoms with E-state index < -0.39 is 0 Å². The number of benzene rings is 2. The van der Waals surface area contributed by atoms with E-state index in [4.69, 9.17) is 4.74 Å². The Bertz CT molecular complexity index is 794. The summed E-state index contributed by atoms with van der Waals surface area (Å²) < 4.78 is 18.7. The summed E-state index contributed by atoms with van der Waals surface area (Å²) in [6.45, 7) is 0. The van der Waals surface area contributed by atoms with Crippen molar-refractivity contribution >= 4 is 23.1 Å². The third kappa shape index (κ3) is 3.70. The van der Waals surface area contributed by atoms with E-state index in [1.54, 1.807) is 25.3 Å². The van der Waals surface area contributed by atoms with Crippen molar-refractivity contribution in [1.29, 1.82) is 0 Å². The Morgan fingerprint density at radius 3 is 2.52 bits per heavy atom. The van der Waals surface area contributed by atoms with Crippen LogP contribution in [0.4, 0.5) is 27.5 Å². The normalized spacial score (nSPS) is 10.2. The molecule has 2 N–H and O–H groups in total. The van der Waals surface area contributed by atoms with E-state index in [9.17, 15) is 4.39 Å². The molecule has 0 spiro atoms. The molecule has 0 atom stereocenters. The van der Waals surface area contributed by atoms with E-state index in [2.05, 4.69) is 25.8 Å². The highest BCUT2D eigenvalue weighted by Crippen LogP contribution is 2.20.